The van der Waals surface area contributed by atoms with Gasteiger partial charge < -0.3 is 5.32 Å². The van der Waals surface area contributed by atoms with Crippen molar-refractivity contribution in [2.24, 2.45) is 5.92 Å². The number of aryl methyl sites for hydroxylation is 1. The molecule has 1 unspecified atom stereocenters. The minimum absolute atomic E-state index is 0.0827. The molecule has 21 heavy (non-hydrogen) atoms. The van der Waals surface area contributed by atoms with Crippen LogP contribution in [0.2, 0.25) is 0 Å². The third-order valence-corrected chi connectivity index (χ3v) is 5.68. The molecule has 0 bridgehead atoms. The molecule has 0 saturated carbocycles. The van der Waals surface area contributed by atoms with Crippen LogP contribution in [0.15, 0.2) is 0 Å². The Kier molecular flexibility index (Phi) is 4.78. The summed E-state index contributed by atoms with van der Waals surface area (Å²) in [5.74, 6) is 1.02. The normalized spacial score (nSPS) is 20.1. The molecule has 114 valence electrons. The van der Waals surface area contributed by atoms with Crippen molar-refractivity contribution in [1.82, 2.24) is 10.2 Å². The van der Waals surface area contributed by atoms with Crippen molar-refractivity contribution in [3.63, 3.8) is 0 Å². The second-order valence-electron chi connectivity index (χ2n) is 5.32. The summed E-state index contributed by atoms with van der Waals surface area (Å²) in [6.45, 7) is 4.49. The molecule has 0 spiro atoms. The van der Waals surface area contributed by atoms with Crippen molar-refractivity contribution in [2.45, 2.75) is 33.1 Å². The lowest BCUT2D eigenvalue weighted by Crippen LogP contribution is -2.18. The van der Waals surface area contributed by atoms with E-state index in [0.717, 1.165) is 24.1 Å². The number of nitrogens with one attached hydrogen (secondary N) is 1. The molecule has 0 aliphatic carbocycles. The standard InChI is InChI=1S/C14H20N4O2S/c1-3-11-12(7-15)14(18-17-13(11)4-2)16-8-10-5-6-21(19,20)9-10/h10H,3-6,8-9H2,1-2H3,(H,16,18). The van der Waals surface area contributed by atoms with Gasteiger partial charge in [-0.3, -0.25) is 0 Å². The van der Waals surface area contributed by atoms with Crippen LogP contribution in [-0.4, -0.2) is 36.7 Å². The van der Waals surface area contributed by atoms with Gasteiger partial charge in [0, 0.05) is 6.54 Å². The fraction of sp³-hybridized carbons (Fsp3) is 0.643. The second-order valence-corrected chi connectivity index (χ2v) is 7.55. The van der Waals surface area contributed by atoms with E-state index in [1.165, 1.54) is 0 Å². The number of hydrogen-bond acceptors (Lipinski definition) is 6. The lowest BCUT2D eigenvalue weighted by molar-refractivity contribution is 0.595. The summed E-state index contributed by atoms with van der Waals surface area (Å²) in [5, 5.41) is 20.7. The molecule has 1 saturated heterocycles. The Morgan fingerprint density at radius 2 is 2.10 bits per heavy atom. The van der Waals surface area contributed by atoms with E-state index in [0.29, 0.717) is 24.3 Å². The highest BCUT2D eigenvalue weighted by Gasteiger charge is 2.28. The number of sulfone groups is 1. The average molecular weight is 308 g/mol. The summed E-state index contributed by atoms with van der Waals surface area (Å²) in [6, 6.07) is 2.20. The van der Waals surface area contributed by atoms with Gasteiger partial charge >= 0.3 is 0 Å². The maximum Gasteiger partial charge on any atom is 0.166 e. The van der Waals surface area contributed by atoms with Crippen LogP contribution in [-0.2, 0) is 22.7 Å². The van der Waals surface area contributed by atoms with Crippen LogP contribution in [0, 0.1) is 17.2 Å². The van der Waals surface area contributed by atoms with Crippen LogP contribution in [0.4, 0.5) is 5.82 Å². The zero-order valence-electron chi connectivity index (χ0n) is 12.4. The molecule has 6 nitrogen and oxygen atoms in total. The van der Waals surface area contributed by atoms with Crippen LogP contribution in [0.1, 0.15) is 37.1 Å². The Balaban J connectivity index is 2.16. The van der Waals surface area contributed by atoms with E-state index in [1.807, 2.05) is 13.8 Å². The van der Waals surface area contributed by atoms with E-state index in [1.54, 1.807) is 0 Å². The average Bonchev–Trinajstić information content (AvgIpc) is 2.83. The molecule has 1 atom stereocenters. The monoisotopic (exact) mass is 308 g/mol. The lowest BCUT2D eigenvalue weighted by Gasteiger charge is -2.14. The van der Waals surface area contributed by atoms with Crippen molar-refractivity contribution in [3.8, 4) is 6.07 Å². The number of aromatic nitrogens is 2. The lowest BCUT2D eigenvalue weighted by atomic mass is 10.0. The fourth-order valence-electron chi connectivity index (χ4n) is 2.69. The number of hydrogen-bond donors (Lipinski definition) is 1. The predicted octanol–water partition coefficient (Wildman–Crippen LogP) is 1.32. The van der Waals surface area contributed by atoms with Crippen molar-refractivity contribution in [3.05, 3.63) is 16.8 Å². The first-order valence-corrected chi connectivity index (χ1v) is 9.05. The first-order chi connectivity index (χ1) is 10.0. The van der Waals surface area contributed by atoms with Crippen molar-refractivity contribution in [2.75, 3.05) is 23.4 Å². The smallest absolute Gasteiger partial charge is 0.166 e. The minimum Gasteiger partial charge on any atom is -0.367 e. The van der Waals surface area contributed by atoms with Crippen molar-refractivity contribution in [1.29, 1.82) is 5.26 Å². The van der Waals surface area contributed by atoms with E-state index in [9.17, 15) is 13.7 Å². The molecular formula is C14H20N4O2S. The number of nitrogens with zero attached hydrogens (tertiary/aromatic N) is 3. The van der Waals surface area contributed by atoms with Crippen LogP contribution in [0.5, 0.6) is 0 Å². The van der Waals surface area contributed by atoms with Crippen LogP contribution < -0.4 is 5.32 Å². The Bertz CT molecular complexity index is 664. The number of anilines is 1. The van der Waals surface area contributed by atoms with Gasteiger partial charge in [-0.2, -0.15) is 10.4 Å². The van der Waals surface area contributed by atoms with Gasteiger partial charge in [-0.25, -0.2) is 8.42 Å². The minimum atomic E-state index is -2.88. The summed E-state index contributed by atoms with van der Waals surface area (Å²) in [6.07, 6.45) is 2.14. The van der Waals surface area contributed by atoms with Crippen LogP contribution in [0.25, 0.3) is 0 Å². The van der Waals surface area contributed by atoms with Gasteiger partial charge in [-0.1, -0.05) is 13.8 Å². The number of nitriles is 1. The topological polar surface area (TPSA) is 95.7 Å². The molecule has 1 aromatic heterocycles. The summed E-state index contributed by atoms with van der Waals surface area (Å²) in [7, 11) is -2.88. The second kappa shape index (κ2) is 6.39. The Morgan fingerprint density at radius 1 is 1.33 bits per heavy atom. The molecule has 2 rings (SSSR count). The predicted molar refractivity (Wildman–Crippen MR) is 80.8 cm³/mol. The van der Waals surface area contributed by atoms with Gasteiger partial charge in [0.05, 0.1) is 17.2 Å². The number of rotatable bonds is 5. The van der Waals surface area contributed by atoms with Gasteiger partial charge in [0.25, 0.3) is 0 Å². The highest BCUT2D eigenvalue weighted by atomic mass is 32.2. The van der Waals surface area contributed by atoms with E-state index >= 15 is 0 Å². The molecule has 1 aliphatic rings. The van der Waals surface area contributed by atoms with Crippen molar-refractivity contribution < 1.29 is 8.42 Å². The zero-order valence-corrected chi connectivity index (χ0v) is 13.2. The largest absolute Gasteiger partial charge is 0.367 e. The third-order valence-electron chi connectivity index (χ3n) is 3.84. The molecule has 2 heterocycles. The first kappa shape index (κ1) is 15.7. The van der Waals surface area contributed by atoms with E-state index < -0.39 is 9.84 Å². The summed E-state index contributed by atoms with van der Waals surface area (Å²) >= 11 is 0. The van der Waals surface area contributed by atoms with Crippen molar-refractivity contribution >= 4 is 15.7 Å². The molecule has 0 aromatic carbocycles. The Morgan fingerprint density at radius 3 is 2.62 bits per heavy atom. The van der Waals surface area contributed by atoms with E-state index in [2.05, 4.69) is 21.6 Å². The molecule has 1 aromatic rings. The highest BCUT2D eigenvalue weighted by molar-refractivity contribution is 7.91. The fourth-order valence-corrected chi connectivity index (χ4v) is 4.55. The SMILES string of the molecule is CCc1nnc(NCC2CCS(=O)(=O)C2)c(C#N)c1CC. The first-order valence-electron chi connectivity index (χ1n) is 7.23. The molecule has 1 fully saturated rings. The highest BCUT2D eigenvalue weighted by Crippen LogP contribution is 2.22. The van der Waals surface area contributed by atoms with Gasteiger partial charge in [0.1, 0.15) is 11.6 Å². The Hall–Kier alpha value is -1.68. The summed E-state index contributed by atoms with van der Waals surface area (Å²) in [5.41, 5.74) is 2.31. The van der Waals surface area contributed by atoms with Gasteiger partial charge in [-0.05, 0) is 30.7 Å². The van der Waals surface area contributed by atoms with Gasteiger partial charge in [-0.15, -0.1) is 5.10 Å². The maximum absolute atomic E-state index is 11.5. The molecule has 0 radical (unpaired) electrons. The molecular weight excluding hydrogens is 288 g/mol. The quantitative estimate of drug-likeness (QED) is 0.881. The Labute approximate surface area is 125 Å². The third kappa shape index (κ3) is 3.50. The molecule has 7 heteroatoms. The van der Waals surface area contributed by atoms with Gasteiger partial charge in [0.15, 0.2) is 15.7 Å². The molecule has 1 aliphatic heterocycles. The zero-order chi connectivity index (χ0) is 15.5. The van der Waals surface area contributed by atoms with Gasteiger partial charge in [0.2, 0.25) is 0 Å². The maximum atomic E-state index is 11.5. The molecule has 1 N–H and O–H groups in total. The van der Waals surface area contributed by atoms with E-state index in [-0.39, 0.29) is 17.4 Å². The van der Waals surface area contributed by atoms with E-state index in [4.69, 9.17) is 0 Å². The summed E-state index contributed by atoms with van der Waals surface area (Å²) in [4.78, 5) is 0. The van der Waals surface area contributed by atoms with Crippen LogP contribution >= 0.6 is 0 Å². The summed E-state index contributed by atoms with van der Waals surface area (Å²) < 4.78 is 22.9. The molecule has 0 amide bonds. The van der Waals surface area contributed by atoms with Crippen LogP contribution in [0.3, 0.4) is 0 Å².